The van der Waals surface area contributed by atoms with Crippen molar-refractivity contribution in [3.63, 3.8) is 0 Å². The van der Waals surface area contributed by atoms with Crippen molar-refractivity contribution in [3.8, 4) is 0 Å². The lowest BCUT2D eigenvalue weighted by Gasteiger charge is -2.22. The molecule has 0 bridgehead atoms. The van der Waals surface area contributed by atoms with E-state index in [0.717, 1.165) is 18.4 Å². The maximum atomic E-state index is 11.8. The fraction of sp³-hybridized carbons (Fsp3) is 0.588. The highest BCUT2D eigenvalue weighted by molar-refractivity contribution is 7.92. The van der Waals surface area contributed by atoms with Crippen LogP contribution in [0.25, 0.3) is 0 Å². The van der Waals surface area contributed by atoms with Gasteiger partial charge in [0.15, 0.2) is 9.84 Å². The number of rotatable bonds is 9. The van der Waals surface area contributed by atoms with Crippen molar-refractivity contribution in [2.24, 2.45) is 0 Å². The molecule has 1 aliphatic rings. The van der Waals surface area contributed by atoms with Gasteiger partial charge in [0.2, 0.25) is 0 Å². The van der Waals surface area contributed by atoms with Crippen LogP contribution >= 0.6 is 0 Å². The van der Waals surface area contributed by atoms with Gasteiger partial charge in [0.05, 0.1) is 5.75 Å². The lowest BCUT2D eigenvalue weighted by Crippen LogP contribution is -2.32. The maximum absolute atomic E-state index is 11.8. The van der Waals surface area contributed by atoms with Gasteiger partial charge in [-0.3, -0.25) is 9.69 Å². The van der Waals surface area contributed by atoms with E-state index in [1.54, 1.807) is 0 Å². The highest BCUT2D eigenvalue weighted by Gasteiger charge is 2.30. The molecule has 0 aromatic heterocycles. The van der Waals surface area contributed by atoms with Gasteiger partial charge in [-0.1, -0.05) is 38.1 Å². The Bertz CT molecular complexity index is 633. The van der Waals surface area contributed by atoms with E-state index in [0.29, 0.717) is 25.0 Å². The van der Waals surface area contributed by atoms with Crippen LogP contribution in [0.15, 0.2) is 24.3 Å². The van der Waals surface area contributed by atoms with Crippen molar-refractivity contribution in [2.45, 2.75) is 45.2 Å². The zero-order valence-corrected chi connectivity index (χ0v) is 14.6. The van der Waals surface area contributed by atoms with Crippen molar-refractivity contribution < 1.29 is 18.3 Å². The Labute approximate surface area is 138 Å². The molecule has 0 atom stereocenters. The molecular weight excluding hydrogens is 314 g/mol. The fourth-order valence-electron chi connectivity index (χ4n) is 2.59. The average Bonchev–Trinajstić information content (AvgIpc) is 3.27. The minimum Gasteiger partial charge on any atom is -0.480 e. The Hall–Kier alpha value is -1.40. The summed E-state index contributed by atoms with van der Waals surface area (Å²) in [6.07, 6.45) is 2.17. The number of benzene rings is 1. The molecule has 6 heteroatoms. The summed E-state index contributed by atoms with van der Waals surface area (Å²) < 4.78 is 23.5. The molecule has 0 aliphatic heterocycles. The smallest absolute Gasteiger partial charge is 0.318 e. The SMILES string of the molecule is CC(C)c1ccc(CN(CCS(=O)(=O)CC(=O)O)C2CC2)cc1. The first-order valence-electron chi connectivity index (χ1n) is 8.02. The van der Waals surface area contributed by atoms with Gasteiger partial charge >= 0.3 is 5.97 Å². The second kappa shape index (κ2) is 7.45. The van der Waals surface area contributed by atoms with E-state index < -0.39 is 21.6 Å². The summed E-state index contributed by atoms with van der Waals surface area (Å²) in [4.78, 5) is 12.7. The van der Waals surface area contributed by atoms with Gasteiger partial charge in [0.25, 0.3) is 0 Å². The van der Waals surface area contributed by atoms with E-state index in [1.807, 2.05) is 0 Å². The van der Waals surface area contributed by atoms with Crippen LogP contribution in [0.2, 0.25) is 0 Å². The monoisotopic (exact) mass is 339 g/mol. The van der Waals surface area contributed by atoms with Gasteiger partial charge in [-0.05, 0) is 29.9 Å². The first kappa shape index (κ1) is 17.9. The Morgan fingerprint density at radius 2 is 1.87 bits per heavy atom. The van der Waals surface area contributed by atoms with Crippen molar-refractivity contribution >= 4 is 15.8 Å². The molecule has 0 saturated heterocycles. The standard InChI is InChI=1S/C17H25NO4S/c1-13(2)15-5-3-14(4-6-15)11-18(16-7-8-16)9-10-23(21,22)12-17(19)20/h3-6,13,16H,7-12H2,1-2H3,(H,19,20). The number of carbonyl (C=O) groups is 1. The van der Waals surface area contributed by atoms with Crippen LogP contribution in [-0.2, 0) is 21.2 Å². The van der Waals surface area contributed by atoms with E-state index in [1.165, 1.54) is 5.56 Å². The predicted molar refractivity (Wildman–Crippen MR) is 90.3 cm³/mol. The molecule has 23 heavy (non-hydrogen) atoms. The Balaban J connectivity index is 1.95. The first-order chi connectivity index (χ1) is 10.8. The quantitative estimate of drug-likeness (QED) is 0.747. The third-order valence-electron chi connectivity index (χ3n) is 4.13. The molecule has 0 spiro atoms. The van der Waals surface area contributed by atoms with Crippen LogP contribution in [0.1, 0.15) is 43.7 Å². The van der Waals surface area contributed by atoms with Crippen LogP contribution < -0.4 is 0 Å². The van der Waals surface area contributed by atoms with Crippen LogP contribution in [0, 0.1) is 0 Å². The van der Waals surface area contributed by atoms with E-state index in [4.69, 9.17) is 5.11 Å². The Morgan fingerprint density at radius 3 is 2.35 bits per heavy atom. The van der Waals surface area contributed by atoms with Crippen molar-refractivity contribution in [2.75, 3.05) is 18.1 Å². The molecule has 1 fully saturated rings. The molecule has 1 saturated carbocycles. The van der Waals surface area contributed by atoms with Crippen LogP contribution in [0.5, 0.6) is 0 Å². The van der Waals surface area contributed by atoms with Crippen LogP contribution in [0.4, 0.5) is 0 Å². The van der Waals surface area contributed by atoms with Gasteiger partial charge in [-0.2, -0.15) is 0 Å². The highest BCUT2D eigenvalue weighted by atomic mass is 32.2. The normalized spacial score (nSPS) is 15.3. The summed E-state index contributed by atoms with van der Waals surface area (Å²) >= 11 is 0. The number of carboxylic acid groups (broad SMARTS) is 1. The van der Waals surface area contributed by atoms with E-state index in [9.17, 15) is 13.2 Å². The fourth-order valence-corrected chi connectivity index (χ4v) is 3.62. The van der Waals surface area contributed by atoms with Crippen molar-refractivity contribution in [3.05, 3.63) is 35.4 Å². The topological polar surface area (TPSA) is 74.7 Å². The molecule has 1 aromatic rings. The summed E-state index contributed by atoms with van der Waals surface area (Å²) in [6, 6.07) is 8.85. The Kier molecular flexibility index (Phi) is 5.81. The molecule has 1 aliphatic carbocycles. The Morgan fingerprint density at radius 1 is 1.26 bits per heavy atom. The molecule has 0 amide bonds. The second-order valence-electron chi connectivity index (χ2n) is 6.58. The highest BCUT2D eigenvalue weighted by Crippen LogP contribution is 2.28. The zero-order chi connectivity index (χ0) is 17.0. The third-order valence-corrected chi connectivity index (χ3v) is 5.62. The number of hydrogen-bond acceptors (Lipinski definition) is 4. The van der Waals surface area contributed by atoms with E-state index in [2.05, 4.69) is 43.0 Å². The number of aliphatic carboxylic acids is 1. The minimum atomic E-state index is -3.53. The second-order valence-corrected chi connectivity index (χ2v) is 8.77. The van der Waals surface area contributed by atoms with E-state index in [-0.39, 0.29) is 5.75 Å². The molecule has 0 radical (unpaired) electrons. The molecule has 5 nitrogen and oxygen atoms in total. The number of hydrogen-bond donors (Lipinski definition) is 1. The molecule has 2 rings (SSSR count). The van der Waals surface area contributed by atoms with E-state index >= 15 is 0 Å². The first-order valence-corrected chi connectivity index (χ1v) is 9.84. The van der Waals surface area contributed by atoms with Gasteiger partial charge in [0.1, 0.15) is 5.75 Å². The summed E-state index contributed by atoms with van der Waals surface area (Å²) in [5.74, 6) is -1.67. The van der Waals surface area contributed by atoms with Crippen LogP contribution in [0.3, 0.4) is 0 Å². The average molecular weight is 339 g/mol. The minimum absolute atomic E-state index is 0.0973. The molecular formula is C17H25NO4S. The number of nitrogens with zero attached hydrogens (tertiary/aromatic N) is 1. The van der Waals surface area contributed by atoms with Gasteiger partial charge < -0.3 is 5.11 Å². The van der Waals surface area contributed by atoms with Gasteiger partial charge in [-0.25, -0.2) is 8.42 Å². The number of carboxylic acids is 1. The summed E-state index contributed by atoms with van der Waals surface area (Å²) in [5.41, 5.74) is 2.45. The lowest BCUT2D eigenvalue weighted by molar-refractivity contribution is -0.134. The third kappa shape index (κ3) is 5.95. The van der Waals surface area contributed by atoms with Gasteiger partial charge in [0, 0.05) is 19.1 Å². The zero-order valence-electron chi connectivity index (χ0n) is 13.7. The largest absolute Gasteiger partial charge is 0.480 e. The summed E-state index contributed by atoms with van der Waals surface area (Å²) in [6.45, 7) is 5.41. The molecule has 1 N–H and O–H groups in total. The predicted octanol–water partition coefficient (Wildman–Crippen LogP) is 2.27. The maximum Gasteiger partial charge on any atom is 0.318 e. The van der Waals surface area contributed by atoms with Crippen molar-refractivity contribution in [1.29, 1.82) is 0 Å². The molecule has 1 aromatic carbocycles. The molecule has 0 unspecified atom stereocenters. The summed E-state index contributed by atoms with van der Waals surface area (Å²) in [7, 11) is -3.53. The van der Waals surface area contributed by atoms with Gasteiger partial charge in [-0.15, -0.1) is 0 Å². The molecule has 128 valence electrons. The number of sulfone groups is 1. The molecule has 0 heterocycles. The summed E-state index contributed by atoms with van der Waals surface area (Å²) in [5, 5.41) is 8.65. The lowest BCUT2D eigenvalue weighted by atomic mass is 10.0. The van der Waals surface area contributed by atoms with Crippen LogP contribution in [-0.4, -0.2) is 48.5 Å². The van der Waals surface area contributed by atoms with Crippen molar-refractivity contribution in [1.82, 2.24) is 4.90 Å².